The molecule has 0 amide bonds. The molecule has 2 aromatic carbocycles. The van der Waals surface area contributed by atoms with E-state index in [9.17, 15) is 13.2 Å². The minimum atomic E-state index is -0.709. The number of benzene rings is 2. The molecule has 0 aliphatic rings. The molecule has 0 aromatic heterocycles. The van der Waals surface area contributed by atoms with Gasteiger partial charge >= 0.3 is 0 Å². The molecule has 0 radical (unpaired) electrons. The second-order valence-electron chi connectivity index (χ2n) is 4.81. The lowest BCUT2D eigenvalue weighted by molar-refractivity contribution is 0.410. The highest BCUT2D eigenvalue weighted by atomic mass is 19.1. The quantitative estimate of drug-likeness (QED) is 0.890. The first-order valence-electron chi connectivity index (χ1n) is 6.48. The summed E-state index contributed by atoms with van der Waals surface area (Å²) >= 11 is 0. The maximum Gasteiger partial charge on any atom is 0.152 e. The minimum Gasteiger partial charge on any atom is -0.497 e. The van der Waals surface area contributed by atoms with Gasteiger partial charge in [0.1, 0.15) is 23.1 Å². The van der Waals surface area contributed by atoms with E-state index in [1.54, 1.807) is 19.9 Å². The molecule has 5 heteroatoms. The summed E-state index contributed by atoms with van der Waals surface area (Å²) in [6.45, 7) is 3.17. The number of hydrogen-bond donors (Lipinski definition) is 1. The third-order valence-corrected chi connectivity index (χ3v) is 3.32. The normalized spacial score (nSPS) is 12.1. The van der Waals surface area contributed by atoms with Gasteiger partial charge in [-0.3, -0.25) is 0 Å². The number of nitrogens with one attached hydrogen (secondary N) is 1. The Morgan fingerprint density at radius 1 is 1.05 bits per heavy atom. The molecule has 112 valence electrons. The van der Waals surface area contributed by atoms with Crippen LogP contribution in [0, 0.1) is 24.4 Å². The summed E-state index contributed by atoms with van der Waals surface area (Å²) in [4.78, 5) is 0. The van der Waals surface area contributed by atoms with Crippen LogP contribution in [0.2, 0.25) is 0 Å². The van der Waals surface area contributed by atoms with E-state index in [1.165, 1.54) is 31.4 Å². The highest BCUT2D eigenvalue weighted by Crippen LogP contribution is 2.28. The van der Waals surface area contributed by atoms with E-state index in [4.69, 9.17) is 4.74 Å². The number of methoxy groups -OCH3 is 1. The first-order valence-corrected chi connectivity index (χ1v) is 6.48. The van der Waals surface area contributed by atoms with Crippen LogP contribution in [0.1, 0.15) is 24.1 Å². The van der Waals surface area contributed by atoms with Crippen molar-refractivity contribution in [2.75, 3.05) is 12.4 Å². The van der Waals surface area contributed by atoms with Crippen molar-refractivity contribution in [3.8, 4) is 5.75 Å². The van der Waals surface area contributed by atoms with Gasteiger partial charge in [-0.05, 0) is 31.5 Å². The smallest absolute Gasteiger partial charge is 0.152 e. The largest absolute Gasteiger partial charge is 0.497 e. The van der Waals surface area contributed by atoms with Crippen LogP contribution in [-0.2, 0) is 0 Å². The van der Waals surface area contributed by atoms with Crippen molar-refractivity contribution in [2.24, 2.45) is 0 Å². The van der Waals surface area contributed by atoms with Crippen LogP contribution in [0.4, 0.5) is 18.9 Å². The van der Waals surface area contributed by atoms with Gasteiger partial charge in [-0.15, -0.1) is 0 Å². The van der Waals surface area contributed by atoms with E-state index >= 15 is 0 Å². The number of rotatable bonds is 4. The van der Waals surface area contributed by atoms with Gasteiger partial charge in [-0.25, -0.2) is 13.2 Å². The van der Waals surface area contributed by atoms with Crippen molar-refractivity contribution < 1.29 is 17.9 Å². The molecule has 1 atom stereocenters. The summed E-state index contributed by atoms with van der Waals surface area (Å²) in [5, 5.41) is 2.68. The maximum atomic E-state index is 14.0. The Hall–Kier alpha value is -2.17. The van der Waals surface area contributed by atoms with Crippen LogP contribution < -0.4 is 10.1 Å². The standard InChI is InChI=1S/C16H16F3NO/c1-9-4-7-13(17)16(15(9)19)20-10(2)12-6-5-11(21-3)8-14(12)18/h4-8,10,20H,1-3H3. The molecule has 0 aliphatic carbocycles. The third kappa shape index (κ3) is 3.12. The summed E-state index contributed by atoms with van der Waals surface area (Å²) in [6.07, 6.45) is 0. The lowest BCUT2D eigenvalue weighted by Crippen LogP contribution is -2.12. The molecule has 1 unspecified atom stereocenters. The average Bonchev–Trinajstić information content (AvgIpc) is 2.47. The molecule has 0 bridgehead atoms. The second-order valence-corrected chi connectivity index (χ2v) is 4.81. The zero-order valence-corrected chi connectivity index (χ0v) is 12.0. The van der Waals surface area contributed by atoms with Crippen LogP contribution in [0.5, 0.6) is 5.75 Å². The van der Waals surface area contributed by atoms with Gasteiger partial charge in [0, 0.05) is 11.6 Å². The van der Waals surface area contributed by atoms with Crippen molar-refractivity contribution in [2.45, 2.75) is 19.9 Å². The number of anilines is 1. The Balaban J connectivity index is 2.30. The van der Waals surface area contributed by atoms with E-state index in [2.05, 4.69) is 5.32 Å². The van der Waals surface area contributed by atoms with E-state index in [0.29, 0.717) is 16.9 Å². The first-order chi connectivity index (χ1) is 9.93. The van der Waals surface area contributed by atoms with Crippen LogP contribution >= 0.6 is 0 Å². The van der Waals surface area contributed by atoms with Crippen molar-refractivity contribution in [3.63, 3.8) is 0 Å². The van der Waals surface area contributed by atoms with Gasteiger partial charge in [0.2, 0.25) is 0 Å². The Kier molecular flexibility index (Phi) is 4.40. The van der Waals surface area contributed by atoms with E-state index in [1.807, 2.05) is 0 Å². The van der Waals surface area contributed by atoms with Crippen molar-refractivity contribution in [3.05, 3.63) is 58.9 Å². The highest BCUT2D eigenvalue weighted by Gasteiger charge is 2.17. The van der Waals surface area contributed by atoms with Gasteiger partial charge in [0.15, 0.2) is 5.82 Å². The monoisotopic (exact) mass is 295 g/mol. The minimum absolute atomic E-state index is 0.252. The summed E-state index contributed by atoms with van der Waals surface area (Å²) in [6, 6.07) is 6.29. The number of hydrogen-bond acceptors (Lipinski definition) is 2. The summed E-state index contributed by atoms with van der Waals surface area (Å²) < 4.78 is 46.5. The molecule has 0 saturated carbocycles. The molecule has 0 aliphatic heterocycles. The maximum absolute atomic E-state index is 14.0. The van der Waals surface area contributed by atoms with Crippen molar-refractivity contribution in [1.82, 2.24) is 0 Å². The molecule has 0 fully saturated rings. The van der Waals surface area contributed by atoms with Crippen LogP contribution in [-0.4, -0.2) is 7.11 Å². The zero-order chi connectivity index (χ0) is 15.6. The van der Waals surface area contributed by atoms with Gasteiger partial charge in [0.25, 0.3) is 0 Å². The Labute approximate surface area is 121 Å². The Bertz CT molecular complexity index is 658. The molecule has 2 rings (SSSR count). The fourth-order valence-electron chi connectivity index (χ4n) is 2.07. The Morgan fingerprint density at radius 2 is 1.76 bits per heavy atom. The lowest BCUT2D eigenvalue weighted by atomic mass is 10.1. The zero-order valence-electron chi connectivity index (χ0n) is 12.0. The van der Waals surface area contributed by atoms with E-state index in [0.717, 1.165) is 0 Å². The predicted octanol–water partition coefficient (Wildman–Crippen LogP) is 4.59. The summed E-state index contributed by atoms with van der Waals surface area (Å²) in [7, 11) is 1.44. The molecule has 1 N–H and O–H groups in total. The van der Waals surface area contributed by atoms with Gasteiger partial charge in [-0.1, -0.05) is 12.1 Å². The SMILES string of the molecule is COc1ccc(C(C)Nc2c(F)ccc(C)c2F)c(F)c1. The van der Waals surface area contributed by atoms with E-state index < -0.39 is 23.5 Å². The second kappa shape index (κ2) is 6.08. The third-order valence-electron chi connectivity index (χ3n) is 3.32. The molecule has 2 nitrogen and oxygen atoms in total. The van der Waals surface area contributed by atoms with Crippen molar-refractivity contribution >= 4 is 5.69 Å². The number of halogens is 3. The van der Waals surface area contributed by atoms with Crippen LogP contribution in [0.25, 0.3) is 0 Å². The van der Waals surface area contributed by atoms with Gasteiger partial charge in [0.05, 0.1) is 13.2 Å². The van der Waals surface area contributed by atoms with Crippen LogP contribution in [0.15, 0.2) is 30.3 Å². The van der Waals surface area contributed by atoms with Gasteiger partial charge in [-0.2, -0.15) is 0 Å². The molecule has 21 heavy (non-hydrogen) atoms. The number of aryl methyl sites for hydroxylation is 1. The fraction of sp³-hybridized carbons (Fsp3) is 0.250. The molecule has 0 saturated heterocycles. The average molecular weight is 295 g/mol. The molecular formula is C16H16F3NO. The first kappa shape index (κ1) is 15.2. The summed E-state index contributed by atoms with van der Waals surface area (Å²) in [5.74, 6) is -1.49. The lowest BCUT2D eigenvalue weighted by Gasteiger charge is -2.18. The molecule has 2 aromatic rings. The fourth-order valence-corrected chi connectivity index (χ4v) is 2.07. The topological polar surface area (TPSA) is 21.3 Å². The van der Waals surface area contributed by atoms with E-state index in [-0.39, 0.29) is 5.69 Å². The molecule has 0 spiro atoms. The molecule has 0 heterocycles. The molecular weight excluding hydrogens is 279 g/mol. The van der Waals surface area contributed by atoms with Crippen LogP contribution in [0.3, 0.4) is 0 Å². The van der Waals surface area contributed by atoms with Gasteiger partial charge < -0.3 is 10.1 Å². The Morgan fingerprint density at radius 3 is 2.38 bits per heavy atom. The van der Waals surface area contributed by atoms with Crippen molar-refractivity contribution in [1.29, 1.82) is 0 Å². The summed E-state index contributed by atoms with van der Waals surface area (Å²) in [5.41, 5.74) is 0.370. The highest BCUT2D eigenvalue weighted by molar-refractivity contribution is 5.51. The predicted molar refractivity (Wildman–Crippen MR) is 76.1 cm³/mol. The number of ether oxygens (including phenoxy) is 1.